The first-order chi connectivity index (χ1) is 13.8. The van der Waals surface area contributed by atoms with Crippen molar-refractivity contribution >= 4 is 40.6 Å². The number of carbonyl (C=O) groups excluding carboxylic acids is 1. The number of esters is 1. The zero-order chi connectivity index (χ0) is 19.3. The number of hydrogen-bond donors (Lipinski definition) is 0. The number of hydrogen-bond acceptors (Lipinski definition) is 2. The van der Waals surface area contributed by atoms with Crippen LogP contribution < -0.4 is 15.9 Å². The molecule has 3 heteroatoms. The van der Waals surface area contributed by atoms with Crippen LogP contribution in [-0.2, 0) is 4.74 Å². The van der Waals surface area contributed by atoms with E-state index in [0.29, 0.717) is 12.2 Å². The van der Waals surface area contributed by atoms with Crippen LogP contribution >= 0.6 is 7.92 Å². The van der Waals surface area contributed by atoms with Crippen LogP contribution in [0.15, 0.2) is 97.1 Å². The third-order valence-electron chi connectivity index (χ3n) is 4.66. The van der Waals surface area contributed by atoms with Gasteiger partial charge in [-0.15, -0.1) is 0 Å². The van der Waals surface area contributed by atoms with Gasteiger partial charge in [-0.3, -0.25) is 0 Å². The zero-order valence-corrected chi connectivity index (χ0v) is 16.6. The largest absolute Gasteiger partial charge is 0.462 e. The zero-order valence-electron chi connectivity index (χ0n) is 15.7. The van der Waals surface area contributed by atoms with Gasteiger partial charge in [0.15, 0.2) is 0 Å². The minimum atomic E-state index is -0.737. The van der Waals surface area contributed by atoms with Crippen LogP contribution in [0.2, 0.25) is 0 Å². The Hall–Kier alpha value is -2.96. The van der Waals surface area contributed by atoms with Gasteiger partial charge in [0.2, 0.25) is 0 Å². The summed E-state index contributed by atoms with van der Waals surface area (Å²) in [5.74, 6) is -0.269. The molecule has 2 nitrogen and oxygen atoms in total. The Bertz CT molecular complexity index is 1050. The van der Waals surface area contributed by atoms with E-state index in [1.807, 2.05) is 43.3 Å². The number of ether oxygens (including phenoxy) is 1. The summed E-state index contributed by atoms with van der Waals surface area (Å²) in [6, 6.07) is 33.3. The van der Waals surface area contributed by atoms with E-state index in [4.69, 9.17) is 4.74 Å². The van der Waals surface area contributed by atoms with Crippen LogP contribution in [0.4, 0.5) is 0 Å². The topological polar surface area (TPSA) is 26.3 Å². The maximum absolute atomic E-state index is 12.5. The summed E-state index contributed by atoms with van der Waals surface area (Å²) in [5.41, 5.74) is 0.622. The van der Waals surface area contributed by atoms with Gasteiger partial charge in [-0.05, 0) is 47.6 Å². The predicted molar refractivity (Wildman–Crippen MR) is 119 cm³/mol. The fourth-order valence-corrected chi connectivity index (χ4v) is 5.92. The van der Waals surface area contributed by atoms with E-state index in [1.165, 1.54) is 15.9 Å². The Labute approximate surface area is 166 Å². The van der Waals surface area contributed by atoms with E-state index < -0.39 is 7.92 Å². The van der Waals surface area contributed by atoms with Crippen molar-refractivity contribution < 1.29 is 9.53 Å². The van der Waals surface area contributed by atoms with Crippen molar-refractivity contribution in [3.8, 4) is 0 Å². The molecule has 0 heterocycles. The fourth-order valence-electron chi connectivity index (χ4n) is 3.46. The highest BCUT2D eigenvalue weighted by atomic mass is 31.1. The summed E-state index contributed by atoms with van der Waals surface area (Å²) in [6.45, 7) is 2.20. The third kappa shape index (κ3) is 3.56. The highest BCUT2D eigenvalue weighted by Gasteiger charge is 2.20. The molecule has 0 N–H and O–H groups in total. The first-order valence-corrected chi connectivity index (χ1v) is 10.7. The van der Waals surface area contributed by atoms with Crippen LogP contribution in [0, 0.1) is 0 Å². The lowest BCUT2D eigenvalue weighted by atomic mass is 10.0. The molecule has 4 aromatic rings. The molecule has 0 unspecified atom stereocenters. The van der Waals surface area contributed by atoms with E-state index in [0.717, 1.165) is 10.8 Å². The molecule has 0 radical (unpaired) electrons. The van der Waals surface area contributed by atoms with Gasteiger partial charge in [-0.2, -0.15) is 0 Å². The molecule has 0 saturated carbocycles. The summed E-state index contributed by atoms with van der Waals surface area (Å²) >= 11 is 0. The molecule has 0 bridgehead atoms. The molecule has 0 amide bonds. The first kappa shape index (κ1) is 18.4. The van der Waals surface area contributed by atoms with Crippen molar-refractivity contribution in [2.45, 2.75) is 6.92 Å². The average molecular weight is 384 g/mol. The van der Waals surface area contributed by atoms with Gasteiger partial charge in [0.1, 0.15) is 0 Å². The van der Waals surface area contributed by atoms with Crippen LogP contribution in [-0.4, -0.2) is 12.6 Å². The molecule has 0 fully saturated rings. The Morgan fingerprint density at radius 1 is 0.714 bits per heavy atom. The van der Waals surface area contributed by atoms with Crippen molar-refractivity contribution in [2.75, 3.05) is 6.61 Å². The Balaban J connectivity index is 1.95. The Morgan fingerprint density at radius 2 is 1.29 bits per heavy atom. The van der Waals surface area contributed by atoms with E-state index in [-0.39, 0.29) is 5.97 Å². The first-order valence-electron chi connectivity index (χ1n) is 9.38. The second-order valence-electron chi connectivity index (χ2n) is 6.40. The SMILES string of the molecule is CCOC(=O)c1cccc2c(P(c3ccccc3)c3ccccc3)cccc12. The van der Waals surface area contributed by atoms with E-state index in [2.05, 4.69) is 60.7 Å². The van der Waals surface area contributed by atoms with E-state index >= 15 is 0 Å². The monoisotopic (exact) mass is 384 g/mol. The highest BCUT2D eigenvalue weighted by Crippen LogP contribution is 2.36. The smallest absolute Gasteiger partial charge is 0.338 e. The van der Waals surface area contributed by atoms with E-state index in [9.17, 15) is 4.79 Å². The van der Waals surface area contributed by atoms with Gasteiger partial charge in [-0.1, -0.05) is 91.0 Å². The lowest BCUT2D eigenvalue weighted by molar-refractivity contribution is 0.0528. The minimum absolute atomic E-state index is 0.269. The summed E-state index contributed by atoms with van der Waals surface area (Å²) in [4.78, 5) is 12.5. The summed E-state index contributed by atoms with van der Waals surface area (Å²) in [7, 11) is -0.737. The molecule has 4 rings (SSSR count). The lowest BCUT2D eigenvalue weighted by Gasteiger charge is -2.21. The van der Waals surface area contributed by atoms with Gasteiger partial charge < -0.3 is 4.74 Å². The van der Waals surface area contributed by atoms with Crippen molar-refractivity contribution in [1.29, 1.82) is 0 Å². The summed E-state index contributed by atoms with van der Waals surface area (Å²) < 4.78 is 5.27. The number of rotatable bonds is 5. The van der Waals surface area contributed by atoms with Crippen molar-refractivity contribution in [3.63, 3.8) is 0 Å². The molecule has 0 atom stereocenters. The quantitative estimate of drug-likeness (QED) is 0.366. The van der Waals surface area contributed by atoms with Gasteiger partial charge >= 0.3 is 5.97 Å². The second-order valence-corrected chi connectivity index (χ2v) is 8.59. The number of fused-ring (bicyclic) bond motifs is 1. The Kier molecular flexibility index (Phi) is 5.50. The average Bonchev–Trinajstić information content (AvgIpc) is 2.75. The molecule has 0 aliphatic rings. The van der Waals surface area contributed by atoms with E-state index in [1.54, 1.807) is 0 Å². The molecule has 0 saturated heterocycles. The summed E-state index contributed by atoms with van der Waals surface area (Å²) in [5, 5.41) is 5.87. The molecule has 0 spiro atoms. The lowest BCUT2D eigenvalue weighted by Crippen LogP contribution is -2.21. The standard InChI is InChI=1S/C25H21O2P/c1-2-27-25(26)23-17-9-16-22-21(23)15-10-18-24(22)28(19-11-5-3-6-12-19)20-13-7-4-8-14-20/h3-18H,2H2,1H3. The van der Waals surface area contributed by atoms with Crippen LogP contribution in [0.1, 0.15) is 17.3 Å². The molecule has 138 valence electrons. The summed E-state index contributed by atoms with van der Waals surface area (Å²) in [6.07, 6.45) is 0. The van der Waals surface area contributed by atoms with Crippen LogP contribution in [0.5, 0.6) is 0 Å². The minimum Gasteiger partial charge on any atom is -0.462 e. The molecule has 28 heavy (non-hydrogen) atoms. The fraction of sp³-hybridized carbons (Fsp3) is 0.0800. The van der Waals surface area contributed by atoms with Gasteiger partial charge in [-0.25, -0.2) is 4.79 Å². The van der Waals surface area contributed by atoms with Gasteiger partial charge in [0.25, 0.3) is 0 Å². The maximum atomic E-state index is 12.5. The van der Waals surface area contributed by atoms with Gasteiger partial charge in [0.05, 0.1) is 12.2 Å². The van der Waals surface area contributed by atoms with Crippen molar-refractivity contribution in [2.24, 2.45) is 0 Å². The molecular weight excluding hydrogens is 363 g/mol. The van der Waals surface area contributed by atoms with Crippen LogP contribution in [0.25, 0.3) is 10.8 Å². The van der Waals surface area contributed by atoms with Crippen molar-refractivity contribution in [3.05, 3.63) is 103 Å². The van der Waals surface area contributed by atoms with Crippen molar-refractivity contribution in [1.82, 2.24) is 0 Å². The van der Waals surface area contributed by atoms with Crippen LogP contribution in [0.3, 0.4) is 0 Å². The normalized spacial score (nSPS) is 10.9. The molecule has 0 aliphatic carbocycles. The molecular formula is C25H21O2P. The number of benzene rings is 4. The predicted octanol–water partition coefficient (Wildman–Crippen LogP) is 4.77. The third-order valence-corrected chi connectivity index (χ3v) is 7.16. The highest BCUT2D eigenvalue weighted by molar-refractivity contribution is 7.80. The molecule has 0 aromatic heterocycles. The molecule has 0 aliphatic heterocycles. The Morgan fingerprint density at radius 3 is 1.89 bits per heavy atom. The maximum Gasteiger partial charge on any atom is 0.338 e. The second kappa shape index (κ2) is 8.37. The van der Waals surface area contributed by atoms with Gasteiger partial charge in [0, 0.05) is 0 Å². The number of carbonyl (C=O) groups is 1. The molecule has 4 aromatic carbocycles.